The number of nitrogens with zero attached hydrogens (tertiary/aromatic N) is 4. The van der Waals surface area contributed by atoms with Crippen LogP contribution in [0.25, 0.3) is 11.3 Å². The van der Waals surface area contributed by atoms with Crippen LogP contribution in [0, 0.1) is 17.5 Å². The predicted molar refractivity (Wildman–Crippen MR) is 152 cm³/mol. The van der Waals surface area contributed by atoms with E-state index in [9.17, 15) is 31.5 Å². The van der Waals surface area contributed by atoms with E-state index in [-0.39, 0.29) is 45.6 Å². The highest BCUT2D eigenvalue weighted by Crippen LogP contribution is 2.27. The highest BCUT2D eigenvalue weighted by molar-refractivity contribution is 6.35. The van der Waals surface area contributed by atoms with Crippen molar-refractivity contribution >= 4 is 29.3 Å². The molecule has 0 spiro atoms. The largest absolute Gasteiger partial charge is 0.473 e. The average molecular weight is 669 g/mol. The Morgan fingerprint density at radius 1 is 1.00 bits per heavy atom. The molecule has 0 aliphatic heterocycles. The molecule has 0 unspecified atom stereocenters. The second kappa shape index (κ2) is 14.8. The zero-order valence-corrected chi connectivity index (χ0v) is 24.4. The summed E-state index contributed by atoms with van der Waals surface area (Å²) in [5, 5.41) is 0.210. The minimum atomic E-state index is -4.53. The van der Waals surface area contributed by atoms with Crippen LogP contribution in [-0.4, -0.2) is 45.5 Å². The van der Waals surface area contributed by atoms with Crippen LogP contribution in [-0.2, 0) is 40.4 Å². The maximum absolute atomic E-state index is 15.1. The molecule has 46 heavy (non-hydrogen) atoms. The zero-order chi connectivity index (χ0) is 33.4. The van der Waals surface area contributed by atoms with Crippen molar-refractivity contribution in [2.75, 3.05) is 7.11 Å². The summed E-state index contributed by atoms with van der Waals surface area (Å²) in [6, 6.07) is 9.98. The Labute approximate surface area is 262 Å². The number of methoxy groups -OCH3 is 1. The second-order valence-corrected chi connectivity index (χ2v) is 9.88. The highest BCUT2D eigenvalue weighted by atomic mass is 35.5. The van der Waals surface area contributed by atoms with Gasteiger partial charge in [-0.2, -0.15) is 13.2 Å². The highest BCUT2D eigenvalue weighted by Gasteiger charge is 2.28. The van der Waals surface area contributed by atoms with Crippen LogP contribution in [0.3, 0.4) is 0 Å². The van der Waals surface area contributed by atoms with Crippen LogP contribution in [0.1, 0.15) is 16.8 Å². The van der Waals surface area contributed by atoms with Gasteiger partial charge in [0.15, 0.2) is 0 Å². The lowest BCUT2D eigenvalue weighted by Gasteiger charge is -2.12. The number of rotatable bonds is 9. The summed E-state index contributed by atoms with van der Waals surface area (Å²) >= 11 is 5.75. The summed E-state index contributed by atoms with van der Waals surface area (Å²) in [5.74, 6) is -5.03. The molecule has 0 aliphatic carbocycles. The lowest BCUT2D eigenvalue weighted by molar-refractivity contribution is -0.141. The van der Waals surface area contributed by atoms with E-state index in [1.165, 1.54) is 30.3 Å². The summed E-state index contributed by atoms with van der Waals surface area (Å²) in [6.45, 7) is -1.98. The van der Waals surface area contributed by atoms with Crippen LogP contribution in [0.15, 0.2) is 66.0 Å². The second-order valence-electron chi connectivity index (χ2n) is 9.44. The van der Waals surface area contributed by atoms with E-state index in [1.54, 1.807) is 0 Å². The minimum absolute atomic E-state index is 0.00125. The Morgan fingerprint density at radius 2 is 1.76 bits per heavy atom. The van der Waals surface area contributed by atoms with E-state index in [4.69, 9.17) is 16.3 Å². The third-order valence-electron chi connectivity index (χ3n) is 6.12. The number of esters is 1. The lowest BCUT2D eigenvalue weighted by Crippen LogP contribution is -2.46. The fraction of sp³-hybridized carbons (Fsp3) is 0.207. The van der Waals surface area contributed by atoms with E-state index in [0.717, 1.165) is 42.4 Å². The number of halogens is 7. The number of benzene rings is 2. The Hall–Kier alpha value is -5.12. The van der Waals surface area contributed by atoms with Gasteiger partial charge in [-0.25, -0.2) is 27.9 Å². The molecule has 17 heteroatoms. The Bertz CT molecular complexity index is 1760. The van der Waals surface area contributed by atoms with Crippen molar-refractivity contribution in [3.63, 3.8) is 0 Å². The van der Waals surface area contributed by atoms with Crippen molar-refractivity contribution in [2.45, 2.75) is 32.3 Å². The fourth-order valence-corrected chi connectivity index (χ4v) is 4.09. The van der Waals surface area contributed by atoms with Gasteiger partial charge in [-0.05, 0) is 30.3 Å². The third kappa shape index (κ3) is 9.20. The molecule has 4 rings (SSSR count). The monoisotopic (exact) mass is 668 g/mol. The summed E-state index contributed by atoms with van der Waals surface area (Å²) in [4.78, 5) is 36.2. The first-order valence-corrected chi connectivity index (χ1v) is 13.5. The molecule has 0 radical (unpaired) electrons. The van der Waals surface area contributed by atoms with Gasteiger partial charge in [0.05, 0.1) is 44.0 Å². The minimum Gasteiger partial charge on any atom is -0.473 e. The van der Waals surface area contributed by atoms with Crippen LogP contribution in [0.5, 0.6) is 5.88 Å². The molecule has 0 bridgehead atoms. The summed E-state index contributed by atoms with van der Waals surface area (Å²) in [6.07, 6.45) is -3.16. The molecule has 1 amide bonds. The van der Waals surface area contributed by atoms with Crippen LogP contribution in [0.2, 0.25) is 5.02 Å². The van der Waals surface area contributed by atoms with E-state index >= 15 is 4.39 Å². The van der Waals surface area contributed by atoms with E-state index in [0.29, 0.717) is 0 Å². The van der Waals surface area contributed by atoms with Crippen LogP contribution < -0.4 is 15.6 Å². The molecule has 2 aromatic heterocycles. The number of ether oxygens (including phenoxy) is 2. The molecular weight excluding hydrogens is 646 g/mol. The van der Waals surface area contributed by atoms with Crippen molar-refractivity contribution in [2.24, 2.45) is 4.99 Å². The molecule has 242 valence electrons. The van der Waals surface area contributed by atoms with Crippen molar-refractivity contribution < 1.29 is 45.4 Å². The van der Waals surface area contributed by atoms with Gasteiger partial charge in [0.25, 0.3) is 0 Å². The molecule has 0 atom stereocenters. The van der Waals surface area contributed by atoms with Gasteiger partial charge in [-0.1, -0.05) is 23.7 Å². The number of hydrogen-bond acceptors (Lipinski definition) is 7. The van der Waals surface area contributed by atoms with Gasteiger partial charge in [-0.15, -0.1) is 0 Å². The number of aliphatic imine (C=N–C) groups is 1. The number of hydrogen-bond donors (Lipinski definition) is 2. The standard InChI is InChI=1S/C29H23ClF6N6O4/c1-45-28(44)27(38-12-19-11-37-15-42(19)14-29(34,35)36)41-40-25(43)8-17-7-23(33)20(10-22(17)32)24-3-2-4-26(39-24)46-13-16-5-6-18(30)9-21(16)31/h2-7,9-11,15H,8,12-14H2,1H3,(H,38,41)(H,40,43). The number of carbonyl (C=O) groups is 2. The van der Waals surface area contributed by atoms with E-state index in [1.807, 2.05) is 0 Å². The van der Waals surface area contributed by atoms with Gasteiger partial charge in [0, 0.05) is 27.8 Å². The van der Waals surface area contributed by atoms with E-state index in [2.05, 4.69) is 30.5 Å². The molecule has 2 aromatic carbocycles. The SMILES string of the molecule is COC(=O)C(=NCc1cncn1CC(F)(F)F)NNC(=O)Cc1cc(F)c(-c2cccc(OCc3ccc(Cl)cc3F)n2)cc1F. The summed E-state index contributed by atoms with van der Waals surface area (Å²) in [7, 11) is 1.01. The van der Waals surface area contributed by atoms with Crippen molar-refractivity contribution in [3.05, 3.63) is 100 Å². The molecule has 0 saturated carbocycles. The number of nitrogens with one attached hydrogen (secondary N) is 2. The topological polar surface area (TPSA) is 120 Å². The van der Waals surface area contributed by atoms with Gasteiger partial charge < -0.3 is 14.0 Å². The summed E-state index contributed by atoms with van der Waals surface area (Å²) in [5.41, 5.74) is 3.88. The van der Waals surface area contributed by atoms with Gasteiger partial charge in [0.1, 0.15) is 30.6 Å². The molecular formula is C29H23ClF6N6O4. The predicted octanol–water partition coefficient (Wildman–Crippen LogP) is 5.09. The Morgan fingerprint density at radius 3 is 2.48 bits per heavy atom. The summed E-state index contributed by atoms with van der Waals surface area (Å²) < 4.78 is 93.2. The number of amidine groups is 1. The van der Waals surface area contributed by atoms with Crippen molar-refractivity contribution in [3.8, 4) is 17.1 Å². The average Bonchev–Trinajstić information content (AvgIpc) is 3.43. The molecule has 0 aliphatic rings. The first kappa shape index (κ1) is 33.8. The molecule has 4 aromatic rings. The van der Waals surface area contributed by atoms with Crippen molar-refractivity contribution in [1.82, 2.24) is 25.4 Å². The van der Waals surface area contributed by atoms with Crippen LogP contribution >= 0.6 is 11.6 Å². The molecule has 2 N–H and O–H groups in total. The zero-order valence-electron chi connectivity index (χ0n) is 23.7. The molecule has 2 heterocycles. The number of carbonyl (C=O) groups excluding carboxylic acids is 2. The van der Waals surface area contributed by atoms with Gasteiger partial charge >= 0.3 is 12.1 Å². The normalized spacial score (nSPS) is 11.7. The Kier molecular flexibility index (Phi) is 10.8. The van der Waals surface area contributed by atoms with Gasteiger partial charge in [-0.3, -0.25) is 20.6 Å². The van der Waals surface area contributed by atoms with E-state index < -0.39 is 60.9 Å². The smallest absolute Gasteiger partial charge is 0.406 e. The maximum Gasteiger partial charge on any atom is 0.406 e. The first-order valence-electron chi connectivity index (χ1n) is 13.1. The molecule has 0 saturated heterocycles. The maximum atomic E-state index is 15.1. The molecule has 10 nitrogen and oxygen atoms in total. The number of imidazole rings is 1. The first-order chi connectivity index (χ1) is 21.8. The molecule has 0 fully saturated rings. The number of hydrazine groups is 1. The van der Waals surface area contributed by atoms with Crippen LogP contribution in [0.4, 0.5) is 26.3 Å². The number of aromatic nitrogens is 3. The number of pyridine rings is 1. The quantitative estimate of drug-likeness (QED) is 0.0838. The number of amides is 1. The number of alkyl halides is 3. The van der Waals surface area contributed by atoms with Gasteiger partial charge in [0.2, 0.25) is 17.6 Å². The fourth-order valence-electron chi connectivity index (χ4n) is 3.93. The van der Waals surface area contributed by atoms with Crippen molar-refractivity contribution in [1.29, 1.82) is 0 Å². The lowest BCUT2D eigenvalue weighted by atomic mass is 10.0. The Balaban J connectivity index is 1.40. The third-order valence-corrected chi connectivity index (χ3v) is 6.36.